The van der Waals surface area contributed by atoms with E-state index in [-0.39, 0.29) is 25.6 Å². The number of ether oxygens (including phenoxy) is 3. The minimum atomic E-state index is -3.87. The van der Waals surface area contributed by atoms with E-state index in [0.717, 1.165) is 5.56 Å². The van der Waals surface area contributed by atoms with Crippen LogP contribution in [-0.4, -0.2) is 53.2 Å². The Morgan fingerprint density at radius 3 is 2.32 bits per heavy atom. The average molecular weight is 459 g/mol. The van der Waals surface area contributed by atoms with E-state index < -0.39 is 43.7 Å². The van der Waals surface area contributed by atoms with Crippen molar-refractivity contribution in [1.82, 2.24) is 5.32 Å². The maximum absolute atomic E-state index is 13.0. The lowest BCUT2D eigenvalue weighted by atomic mass is 10.2. The van der Waals surface area contributed by atoms with Gasteiger partial charge >= 0.3 is 12.1 Å². The Morgan fingerprint density at radius 2 is 1.74 bits per heavy atom. The minimum Gasteiger partial charge on any atom is -0.425 e. The number of amides is 1. The third kappa shape index (κ3) is 10.8. The number of esters is 1. The molecule has 0 saturated heterocycles. The lowest BCUT2D eigenvalue weighted by Gasteiger charge is -2.26. The third-order valence-electron chi connectivity index (χ3n) is 4.41. The molecule has 10 heteroatoms. The monoisotopic (exact) mass is 459 g/mol. The maximum atomic E-state index is 13.0. The fourth-order valence-electron chi connectivity index (χ4n) is 2.69. The Morgan fingerprint density at radius 1 is 1.10 bits per heavy atom. The number of carbonyl (C=O) groups excluding carboxylic acids is 2. The molecule has 0 bridgehead atoms. The third-order valence-corrected chi connectivity index (χ3v) is 6.63. The molecule has 4 atom stereocenters. The zero-order chi connectivity index (χ0) is 23.4. The molecule has 0 spiro atoms. The molecule has 0 aliphatic carbocycles. The van der Waals surface area contributed by atoms with Crippen LogP contribution in [0.1, 0.15) is 46.1 Å². The molecule has 0 aliphatic heterocycles. The van der Waals surface area contributed by atoms with Gasteiger partial charge in [0.15, 0.2) is 6.29 Å². The highest BCUT2D eigenvalue weighted by molar-refractivity contribution is 7.58. The topological polar surface area (TPSA) is 131 Å². The summed E-state index contributed by atoms with van der Waals surface area (Å²) in [6, 6.07) is 9.22. The number of benzene rings is 1. The van der Waals surface area contributed by atoms with Crippen molar-refractivity contribution in [2.75, 3.05) is 12.8 Å². The van der Waals surface area contributed by atoms with Crippen LogP contribution in [0.15, 0.2) is 30.3 Å². The molecule has 4 unspecified atom stereocenters. The van der Waals surface area contributed by atoms with Gasteiger partial charge in [0.2, 0.25) is 13.7 Å². The molecule has 0 heterocycles. The molecule has 0 aromatic heterocycles. The zero-order valence-electron chi connectivity index (χ0n) is 18.5. The van der Waals surface area contributed by atoms with E-state index in [1.165, 1.54) is 6.92 Å². The summed E-state index contributed by atoms with van der Waals surface area (Å²) in [4.78, 5) is 34.5. The van der Waals surface area contributed by atoms with Crippen LogP contribution in [0.3, 0.4) is 0 Å². The van der Waals surface area contributed by atoms with Gasteiger partial charge in [-0.1, -0.05) is 44.2 Å². The highest BCUT2D eigenvalue weighted by Gasteiger charge is 2.33. The first-order chi connectivity index (χ1) is 14.5. The summed E-state index contributed by atoms with van der Waals surface area (Å²) in [5, 5.41) is 12.2. The van der Waals surface area contributed by atoms with Gasteiger partial charge < -0.3 is 29.5 Å². The van der Waals surface area contributed by atoms with Crippen molar-refractivity contribution in [3.05, 3.63) is 35.9 Å². The van der Waals surface area contributed by atoms with E-state index in [9.17, 15) is 24.2 Å². The molecule has 9 nitrogen and oxygen atoms in total. The number of hydrogen-bond acceptors (Lipinski definition) is 7. The summed E-state index contributed by atoms with van der Waals surface area (Å²) in [5.74, 6) is -2.09. The van der Waals surface area contributed by atoms with Gasteiger partial charge in [0.1, 0.15) is 5.78 Å². The second-order valence-corrected chi connectivity index (χ2v) is 10.0. The van der Waals surface area contributed by atoms with Crippen molar-refractivity contribution in [2.24, 2.45) is 5.92 Å². The maximum Gasteiger partial charge on any atom is 0.410 e. The standard InChI is InChI=1S/C21H34NO8P/c1-5-28-19(23)12-11-18(22-21(25)30-16(4)29-20(24)15(2)3)31(26,27)14-13-17-9-7-6-8-10-17/h6-10,15-16,18-19,23H,5,11-14H2,1-4H3,(H,22,25)(H,26,27). The molecule has 0 saturated carbocycles. The number of aliphatic hydroxyl groups excluding tert-OH is 1. The van der Waals surface area contributed by atoms with E-state index >= 15 is 0 Å². The van der Waals surface area contributed by atoms with E-state index in [4.69, 9.17) is 14.2 Å². The summed E-state index contributed by atoms with van der Waals surface area (Å²) in [6.07, 6.45) is -2.94. The normalized spacial score (nSPS) is 16.1. The summed E-state index contributed by atoms with van der Waals surface area (Å²) < 4.78 is 28.0. The summed E-state index contributed by atoms with van der Waals surface area (Å²) in [6.45, 7) is 6.66. The van der Waals surface area contributed by atoms with E-state index in [1.54, 1.807) is 20.8 Å². The smallest absolute Gasteiger partial charge is 0.410 e. The predicted octanol–water partition coefficient (Wildman–Crippen LogP) is 3.23. The molecule has 1 amide bonds. The quantitative estimate of drug-likeness (QED) is 0.233. The summed E-state index contributed by atoms with van der Waals surface area (Å²) in [5.41, 5.74) is 0.890. The second kappa shape index (κ2) is 13.5. The highest BCUT2D eigenvalue weighted by atomic mass is 31.2. The lowest BCUT2D eigenvalue weighted by molar-refractivity contribution is -0.168. The van der Waals surface area contributed by atoms with Crippen molar-refractivity contribution in [3.63, 3.8) is 0 Å². The molecule has 0 aliphatic rings. The number of nitrogens with one attached hydrogen (secondary N) is 1. The van der Waals surface area contributed by atoms with Crippen LogP contribution in [0, 0.1) is 5.92 Å². The average Bonchev–Trinajstić information content (AvgIpc) is 2.70. The molecule has 1 aromatic rings. The Kier molecular flexibility index (Phi) is 11.8. The number of aryl methyl sites for hydroxylation is 1. The van der Waals surface area contributed by atoms with Gasteiger partial charge in [-0.15, -0.1) is 0 Å². The molecule has 0 radical (unpaired) electrons. The number of rotatable bonds is 13. The lowest BCUT2D eigenvalue weighted by Crippen LogP contribution is -2.39. The number of carbonyl (C=O) groups is 2. The molecule has 3 N–H and O–H groups in total. The van der Waals surface area contributed by atoms with Crippen molar-refractivity contribution >= 4 is 19.4 Å². The van der Waals surface area contributed by atoms with Crippen LogP contribution in [0.2, 0.25) is 0 Å². The van der Waals surface area contributed by atoms with Crippen molar-refractivity contribution in [2.45, 2.75) is 65.3 Å². The number of alkyl carbamates (subject to hydrolysis) is 1. The van der Waals surface area contributed by atoms with E-state index in [0.29, 0.717) is 6.42 Å². The van der Waals surface area contributed by atoms with Gasteiger partial charge in [-0.3, -0.25) is 9.36 Å². The minimum absolute atomic E-state index is 0.000995. The predicted molar refractivity (Wildman–Crippen MR) is 116 cm³/mol. The van der Waals surface area contributed by atoms with Gasteiger partial charge in [0, 0.05) is 26.1 Å². The van der Waals surface area contributed by atoms with E-state index in [1.807, 2.05) is 30.3 Å². The van der Waals surface area contributed by atoms with Crippen molar-refractivity contribution in [1.29, 1.82) is 0 Å². The van der Waals surface area contributed by atoms with Gasteiger partial charge in [0.25, 0.3) is 0 Å². The zero-order valence-corrected chi connectivity index (χ0v) is 19.4. The van der Waals surface area contributed by atoms with Crippen LogP contribution >= 0.6 is 7.37 Å². The molecule has 176 valence electrons. The SMILES string of the molecule is CCOC(O)CCC(NC(=O)OC(C)OC(=O)C(C)C)P(=O)(O)CCc1ccccc1. The van der Waals surface area contributed by atoms with Crippen LogP contribution in [-0.2, 0) is 30.0 Å². The first-order valence-corrected chi connectivity index (χ1v) is 12.3. The van der Waals surface area contributed by atoms with Crippen LogP contribution in [0.25, 0.3) is 0 Å². The first kappa shape index (κ1) is 27.1. The fourth-order valence-corrected chi connectivity index (χ4v) is 4.44. The summed E-state index contributed by atoms with van der Waals surface area (Å²) in [7, 11) is -3.87. The largest absolute Gasteiger partial charge is 0.425 e. The Bertz CT molecular complexity index is 727. The molecule has 1 rings (SSSR count). The molecule has 31 heavy (non-hydrogen) atoms. The van der Waals surface area contributed by atoms with Crippen molar-refractivity contribution in [3.8, 4) is 0 Å². The fraction of sp³-hybridized carbons (Fsp3) is 0.619. The van der Waals surface area contributed by atoms with Gasteiger partial charge in [0.05, 0.1) is 5.92 Å². The number of hydrogen-bond donors (Lipinski definition) is 3. The number of aliphatic hydroxyl groups is 1. The van der Waals surface area contributed by atoms with Crippen LogP contribution < -0.4 is 5.32 Å². The summed E-state index contributed by atoms with van der Waals surface area (Å²) >= 11 is 0. The molecule has 0 fully saturated rings. The van der Waals surface area contributed by atoms with Gasteiger partial charge in [-0.25, -0.2) is 4.79 Å². The van der Waals surface area contributed by atoms with Crippen LogP contribution in [0.4, 0.5) is 4.79 Å². The Balaban J connectivity index is 2.78. The Hall–Kier alpha value is -1.93. The van der Waals surface area contributed by atoms with Gasteiger partial charge in [-0.2, -0.15) is 0 Å². The molecule has 1 aromatic carbocycles. The van der Waals surface area contributed by atoms with Crippen molar-refractivity contribution < 1.29 is 38.4 Å². The van der Waals surface area contributed by atoms with E-state index in [2.05, 4.69) is 5.32 Å². The second-order valence-electron chi connectivity index (χ2n) is 7.43. The first-order valence-electron chi connectivity index (χ1n) is 10.4. The van der Waals surface area contributed by atoms with Gasteiger partial charge in [-0.05, 0) is 25.3 Å². The van der Waals surface area contributed by atoms with Crippen LogP contribution in [0.5, 0.6) is 0 Å². The molecular formula is C21H34NO8P. The highest BCUT2D eigenvalue weighted by Crippen LogP contribution is 2.47. The molecular weight excluding hydrogens is 425 g/mol. The Labute approximate surface area is 183 Å².